The maximum absolute atomic E-state index is 12.6. The summed E-state index contributed by atoms with van der Waals surface area (Å²) in [6, 6.07) is 12.8. The second-order valence-corrected chi connectivity index (χ2v) is 9.58. The van der Waals surface area contributed by atoms with Crippen LogP contribution in [0.5, 0.6) is 0 Å². The van der Waals surface area contributed by atoms with Crippen LogP contribution in [0.2, 0.25) is 0 Å². The quantitative estimate of drug-likeness (QED) is 0.407. The summed E-state index contributed by atoms with van der Waals surface area (Å²) in [6.07, 6.45) is 3.42. The number of carbonyl (C=O) groups is 2. The van der Waals surface area contributed by atoms with Gasteiger partial charge in [0.25, 0.3) is 0 Å². The fraction of sp³-hybridized carbons (Fsp3) is 0.407. The molecule has 0 aromatic heterocycles. The van der Waals surface area contributed by atoms with Crippen molar-refractivity contribution in [3.8, 4) is 0 Å². The molecule has 2 aromatic rings. The zero-order valence-electron chi connectivity index (χ0n) is 19.2. The standard InChI is InChI=1S/C27H32O4/c1-7-16-30-24(28)19-8-10-20(11-9-19)25(29)31-18(2)21-12-13-22-23(17-21)27(5,6)15-14-26(22,3)4/h7-13,17-18H,1,14-16H2,2-6H3. The van der Waals surface area contributed by atoms with Gasteiger partial charge >= 0.3 is 11.9 Å². The minimum Gasteiger partial charge on any atom is -0.458 e. The Bertz CT molecular complexity index is 983. The third-order valence-electron chi connectivity index (χ3n) is 6.32. The maximum Gasteiger partial charge on any atom is 0.338 e. The molecule has 164 valence electrons. The van der Waals surface area contributed by atoms with E-state index in [0.717, 1.165) is 18.4 Å². The average molecular weight is 421 g/mol. The molecule has 1 aliphatic rings. The Balaban J connectivity index is 1.74. The van der Waals surface area contributed by atoms with Gasteiger partial charge in [-0.2, -0.15) is 0 Å². The zero-order valence-corrected chi connectivity index (χ0v) is 19.2. The van der Waals surface area contributed by atoms with Gasteiger partial charge in [-0.25, -0.2) is 9.59 Å². The maximum atomic E-state index is 12.6. The summed E-state index contributed by atoms with van der Waals surface area (Å²) in [7, 11) is 0. The van der Waals surface area contributed by atoms with Gasteiger partial charge < -0.3 is 9.47 Å². The fourth-order valence-electron chi connectivity index (χ4n) is 4.12. The molecule has 0 radical (unpaired) electrons. The summed E-state index contributed by atoms with van der Waals surface area (Å²) in [5, 5.41) is 0. The number of hydrogen-bond acceptors (Lipinski definition) is 4. The van der Waals surface area contributed by atoms with Gasteiger partial charge in [-0.1, -0.05) is 58.5 Å². The number of ether oxygens (including phenoxy) is 2. The molecule has 1 atom stereocenters. The van der Waals surface area contributed by atoms with Crippen LogP contribution in [0.15, 0.2) is 55.1 Å². The molecule has 0 N–H and O–H groups in total. The molecule has 0 aliphatic heterocycles. The van der Waals surface area contributed by atoms with Gasteiger partial charge in [0, 0.05) is 0 Å². The molecule has 0 fully saturated rings. The molecule has 0 saturated carbocycles. The van der Waals surface area contributed by atoms with E-state index >= 15 is 0 Å². The first-order chi connectivity index (χ1) is 14.5. The third-order valence-corrected chi connectivity index (χ3v) is 6.32. The Morgan fingerprint density at radius 2 is 1.48 bits per heavy atom. The Labute approximate surface area is 185 Å². The molecule has 0 heterocycles. The van der Waals surface area contributed by atoms with Crippen molar-refractivity contribution >= 4 is 11.9 Å². The van der Waals surface area contributed by atoms with Crippen LogP contribution in [0.25, 0.3) is 0 Å². The van der Waals surface area contributed by atoms with Gasteiger partial charge in [0.05, 0.1) is 11.1 Å². The topological polar surface area (TPSA) is 52.6 Å². The minimum atomic E-state index is -0.451. The van der Waals surface area contributed by atoms with Crippen molar-refractivity contribution in [3.63, 3.8) is 0 Å². The van der Waals surface area contributed by atoms with E-state index in [-0.39, 0.29) is 23.5 Å². The lowest BCUT2D eigenvalue weighted by atomic mass is 9.63. The smallest absolute Gasteiger partial charge is 0.338 e. The third kappa shape index (κ3) is 4.90. The van der Waals surface area contributed by atoms with Crippen molar-refractivity contribution in [2.75, 3.05) is 6.61 Å². The Hall–Kier alpha value is -2.88. The van der Waals surface area contributed by atoms with Crippen molar-refractivity contribution < 1.29 is 19.1 Å². The van der Waals surface area contributed by atoms with Crippen molar-refractivity contribution in [1.82, 2.24) is 0 Å². The molecule has 3 rings (SSSR count). The molecule has 0 bridgehead atoms. The molecule has 1 unspecified atom stereocenters. The number of esters is 2. The molecular formula is C27H32O4. The molecule has 1 aliphatic carbocycles. The van der Waals surface area contributed by atoms with E-state index in [2.05, 4.69) is 52.5 Å². The Morgan fingerprint density at radius 1 is 0.935 bits per heavy atom. The fourth-order valence-corrected chi connectivity index (χ4v) is 4.12. The van der Waals surface area contributed by atoms with Crippen LogP contribution < -0.4 is 0 Å². The van der Waals surface area contributed by atoms with E-state index in [1.165, 1.54) is 17.2 Å². The second kappa shape index (κ2) is 8.70. The van der Waals surface area contributed by atoms with E-state index in [9.17, 15) is 9.59 Å². The molecule has 0 spiro atoms. The molecule has 0 amide bonds. The first-order valence-electron chi connectivity index (χ1n) is 10.8. The molecule has 2 aromatic carbocycles. The molecule has 4 nitrogen and oxygen atoms in total. The highest BCUT2D eigenvalue weighted by atomic mass is 16.5. The highest BCUT2D eigenvalue weighted by Crippen LogP contribution is 2.46. The normalized spacial score (nSPS) is 17.2. The van der Waals surface area contributed by atoms with Gasteiger partial charge in [0.1, 0.15) is 12.7 Å². The van der Waals surface area contributed by atoms with Gasteiger partial charge in [-0.3, -0.25) is 0 Å². The summed E-state index contributed by atoms with van der Waals surface area (Å²) < 4.78 is 10.7. The second-order valence-electron chi connectivity index (χ2n) is 9.58. The van der Waals surface area contributed by atoms with Gasteiger partial charge in [-0.15, -0.1) is 0 Å². The van der Waals surface area contributed by atoms with Crippen molar-refractivity contribution in [2.45, 2.75) is 64.4 Å². The van der Waals surface area contributed by atoms with Crippen LogP contribution in [0, 0.1) is 0 Å². The predicted molar refractivity (Wildman–Crippen MR) is 122 cm³/mol. The highest BCUT2D eigenvalue weighted by Gasteiger charge is 2.37. The highest BCUT2D eigenvalue weighted by molar-refractivity contribution is 5.93. The van der Waals surface area contributed by atoms with E-state index < -0.39 is 11.9 Å². The lowest BCUT2D eigenvalue weighted by molar-refractivity contribution is 0.0336. The van der Waals surface area contributed by atoms with Crippen molar-refractivity contribution in [1.29, 1.82) is 0 Å². The van der Waals surface area contributed by atoms with Crippen LogP contribution in [0.4, 0.5) is 0 Å². The largest absolute Gasteiger partial charge is 0.458 e. The van der Waals surface area contributed by atoms with Crippen LogP contribution >= 0.6 is 0 Å². The van der Waals surface area contributed by atoms with Gasteiger partial charge in [0.15, 0.2) is 0 Å². The van der Waals surface area contributed by atoms with Crippen LogP contribution in [0.3, 0.4) is 0 Å². The lowest BCUT2D eigenvalue weighted by Gasteiger charge is -2.42. The van der Waals surface area contributed by atoms with Crippen molar-refractivity contribution in [3.05, 3.63) is 82.9 Å². The lowest BCUT2D eigenvalue weighted by Crippen LogP contribution is -2.34. The van der Waals surface area contributed by atoms with Crippen LogP contribution in [-0.4, -0.2) is 18.5 Å². The number of benzene rings is 2. The summed E-state index contributed by atoms with van der Waals surface area (Å²) in [5.74, 6) is -0.872. The monoisotopic (exact) mass is 420 g/mol. The average Bonchev–Trinajstić information content (AvgIpc) is 2.75. The first kappa shape index (κ1) is 22.8. The minimum absolute atomic E-state index is 0.0978. The number of fused-ring (bicyclic) bond motifs is 1. The van der Waals surface area contributed by atoms with Gasteiger partial charge in [0.2, 0.25) is 0 Å². The first-order valence-corrected chi connectivity index (χ1v) is 10.8. The van der Waals surface area contributed by atoms with Crippen LogP contribution in [-0.2, 0) is 20.3 Å². The van der Waals surface area contributed by atoms with E-state index in [1.807, 2.05) is 6.92 Å². The molecule has 4 heteroatoms. The summed E-state index contributed by atoms with van der Waals surface area (Å²) in [6.45, 7) is 14.7. The number of carbonyl (C=O) groups excluding carboxylic acids is 2. The molecule has 0 saturated heterocycles. The molecular weight excluding hydrogens is 388 g/mol. The molecule has 31 heavy (non-hydrogen) atoms. The summed E-state index contributed by atoms with van der Waals surface area (Å²) >= 11 is 0. The number of hydrogen-bond donors (Lipinski definition) is 0. The van der Waals surface area contributed by atoms with Crippen LogP contribution in [0.1, 0.15) is 91.0 Å². The number of rotatable bonds is 6. The zero-order chi connectivity index (χ0) is 22.8. The SMILES string of the molecule is C=CCOC(=O)c1ccc(C(=O)OC(C)c2ccc3c(c2)C(C)(C)CCC3(C)C)cc1. The van der Waals surface area contributed by atoms with Gasteiger partial charge in [-0.05, 0) is 71.6 Å². The van der Waals surface area contributed by atoms with E-state index in [0.29, 0.717) is 11.1 Å². The summed E-state index contributed by atoms with van der Waals surface area (Å²) in [5.41, 5.74) is 4.73. The van der Waals surface area contributed by atoms with Crippen molar-refractivity contribution in [2.24, 2.45) is 0 Å². The predicted octanol–water partition coefficient (Wildman–Crippen LogP) is 6.30. The van der Waals surface area contributed by atoms with E-state index in [1.54, 1.807) is 24.3 Å². The Morgan fingerprint density at radius 3 is 2.06 bits per heavy atom. The van der Waals surface area contributed by atoms with E-state index in [4.69, 9.17) is 9.47 Å². The Kier molecular flexibility index (Phi) is 6.40. The summed E-state index contributed by atoms with van der Waals surface area (Å²) in [4.78, 5) is 24.5.